The lowest BCUT2D eigenvalue weighted by Crippen LogP contribution is -2.53. The Morgan fingerprint density at radius 3 is 2.53 bits per heavy atom. The van der Waals surface area contributed by atoms with Crippen LogP contribution in [0, 0.1) is 0 Å². The van der Waals surface area contributed by atoms with Crippen LogP contribution in [0.25, 0.3) is 0 Å². The summed E-state index contributed by atoms with van der Waals surface area (Å²) in [6.07, 6.45) is 1.87. The van der Waals surface area contributed by atoms with Crippen molar-refractivity contribution in [3.63, 3.8) is 0 Å². The van der Waals surface area contributed by atoms with E-state index in [0.717, 1.165) is 18.6 Å². The van der Waals surface area contributed by atoms with Crippen LogP contribution in [0.4, 0.5) is 0 Å². The maximum Gasteiger partial charge on any atom is 0.128 e. The van der Waals surface area contributed by atoms with Gasteiger partial charge in [-0.15, -0.1) is 11.6 Å². The summed E-state index contributed by atoms with van der Waals surface area (Å²) in [5, 5.41) is 0.0387. The second-order valence-electron chi connectivity index (χ2n) is 4.73. The normalized spacial score (nSPS) is 25.9. The molecule has 3 unspecified atom stereocenters. The highest BCUT2D eigenvalue weighted by Crippen LogP contribution is 2.33. The molecule has 0 N–H and O–H groups in total. The quantitative estimate of drug-likeness (QED) is 0.569. The van der Waals surface area contributed by atoms with Gasteiger partial charge in [0.1, 0.15) is 18.0 Å². The zero-order valence-electron chi connectivity index (χ0n) is 11.5. The highest BCUT2D eigenvalue weighted by molar-refractivity contribution is 6.21. The SMILES string of the molecule is CCc1ccc(OC2CC(Cl)C2OCCOC)cc1. The molecule has 0 amide bonds. The van der Waals surface area contributed by atoms with Crippen LogP contribution in [0.3, 0.4) is 0 Å². The van der Waals surface area contributed by atoms with Crippen LogP contribution >= 0.6 is 11.6 Å². The Labute approximate surface area is 119 Å². The maximum absolute atomic E-state index is 6.16. The third kappa shape index (κ3) is 3.85. The van der Waals surface area contributed by atoms with Crippen molar-refractivity contribution in [2.45, 2.75) is 37.4 Å². The molecule has 0 saturated heterocycles. The van der Waals surface area contributed by atoms with Crippen LogP contribution < -0.4 is 4.74 Å². The summed E-state index contributed by atoms with van der Waals surface area (Å²) < 4.78 is 16.6. The summed E-state index contributed by atoms with van der Waals surface area (Å²) in [5.41, 5.74) is 1.31. The molecule has 106 valence electrons. The number of ether oxygens (including phenoxy) is 3. The van der Waals surface area contributed by atoms with E-state index in [1.165, 1.54) is 5.56 Å². The van der Waals surface area contributed by atoms with Gasteiger partial charge >= 0.3 is 0 Å². The predicted molar refractivity (Wildman–Crippen MR) is 76.1 cm³/mol. The fourth-order valence-corrected chi connectivity index (χ4v) is 2.51. The van der Waals surface area contributed by atoms with E-state index in [4.69, 9.17) is 25.8 Å². The molecule has 0 bridgehead atoms. The second kappa shape index (κ2) is 7.13. The lowest BCUT2D eigenvalue weighted by Gasteiger charge is -2.40. The number of aryl methyl sites for hydroxylation is 1. The van der Waals surface area contributed by atoms with Crippen LogP contribution in [0.2, 0.25) is 0 Å². The van der Waals surface area contributed by atoms with E-state index in [0.29, 0.717) is 13.2 Å². The minimum atomic E-state index is -0.0392. The smallest absolute Gasteiger partial charge is 0.128 e. The van der Waals surface area contributed by atoms with E-state index >= 15 is 0 Å². The number of halogens is 1. The van der Waals surface area contributed by atoms with Gasteiger partial charge in [-0.3, -0.25) is 0 Å². The van der Waals surface area contributed by atoms with Crippen molar-refractivity contribution in [3.8, 4) is 5.75 Å². The first-order valence-corrected chi connectivity index (χ1v) is 7.18. The van der Waals surface area contributed by atoms with Crippen molar-refractivity contribution in [1.82, 2.24) is 0 Å². The molecule has 0 aliphatic heterocycles. The molecule has 3 atom stereocenters. The van der Waals surface area contributed by atoms with E-state index in [2.05, 4.69) is 19.1 Å². The molecule has 0 radical (unpaired) electrons. The average molecular weight is 285 g/mol. The third-order valence-electron chi connectivity index (χ3n) is 3.40. The Morgan fingerprint density at radius 1 is 1.21 bits per heavy atom. The number of hydrogen-bond donors (Lipinski definition) is 0. The lowest BCUT2D eigenvalue weighted by molar-refractivity contribution is -0.0898. The zero-order valence-corrected chi connectivity index (χ0v) is 12.2. The van der Waals surface area contributed by atoms with E-state index in [1.54, 1.807) is 7.11 Å². The lowest BCUT2D eigenvalue weighted by atomic mass is 9.91. The standard InChI is InChI=1S/C15H21ClO3/c1-3-11-4-6-12(7-5-11)19-14-10-13(16)15(14)18-9-8-17-2/h4-7,13-15H,3,8-10H2,1-2H3. The van der Waals surface area contributed by atoms with Crippen molar-refractivity contribution >= 4 is 11.6 Å². The Balaban J connectivity index is 1.84. The molecular weight excluding hydrogens is 264 g/mol. The van der Waals surface area contributed by atoms with Crippen molar-refractivity contribution in [2.24, 2.45) is 0 Å². The fraction of sp³-hybridized carbons (Fsp3) is 0.600. The molecule has 0 spiro atoms. The van der Waals surface area contributed by atoms with Gasteiger partial charge in [-0.1, -0.05) is 19.1 Å². The molecule has 1 aromatic rings. The van der Waals surface area contributed by atoms with Crippen molar-refractivity contribution in [2.75, 3.05) is 20.3 Å². The molecule has 1 aromatic carbocycles. The van der Waals surface area contributed by atoms with Crippen molar-refractivity contribution in [3.05, 3.63) is 29.8 Å². The summed E-state index contributed by atoms with van der Waals surface area (Å²) in [4.78, 5) is 0. The van der Waals surface area contributed by atoms with E-state index < -0.39 is 0 Å². The predicted octanol–water partition coefficient (Wildman–Crippen LogP) is 3.04. The number of rotatable bonds is 7. The molecule has 1 aliphatic rings. The second-order valence-corrected chi connectivity index (χ2v) is 5.29. The first-order valence-electron chi connectivity index (χ1n) is 6.74. The van der Waals surface area contributed by atoms with Crippen molar-refractivity contribution in [1.29, 1.82) is 0 Å². The topological polar surface area (TPSA) is 27.7 Å². The minimum Gasteiger partial charge on any atom is -0.488 e. The molecule has 2 rings (SSSR count). The first kappa shape index (κ1) is 14.6. The van der Waals surface area contributed by atoms with Gasteiger partial charge in [0, 0.05) is 13.5 Å². The van der Waals surface area contributed by atoms with Crippen LogP contribution in [0.1, 0.15) is 18.9 Å². The molecule has 1 saturated carbocycles. The van der Waals surface area contributed by atoms with Crippen LogP contribution in [0.15, 0.2) is 24.3 Å². The van der Waals surface area contributed by atoms with Crippen LogP contribution in [0.5, 0.6) is 5.75 Å². The summed E-state index contributed by atoms with van der Waals surface area (Å²) in [6.45, 7) is 3.27. The Bertz CT molecular complexity index is 379. The highest BCUT2D eigenvalue weighted by Gasteiger charge is 2.42. The minimum absolute atomic E-state index is 0.0387. The molecule has 19 heavy (non-hydrogen) atoms. The van der Waals surface area contributed by atoms with Gasteiger partial charge in [-0.25, -0.2) is 0 Å². The van der Waals surface area contributed by atoms with E-state index in [9.17, 15) is 0 Å². The molecule has 0 heterocycles. The monoisotopic (exact) mass is 284 g/mol. The van der Waals surface area contributed by atoms with Gasteiger partial charge in [0.15, 0.2) is 0 Å². The van der Waals surface area contributed by atoms with E-state index in [1.807, 2.05) is 12.1 Å². The fourth-order valence-electron chi connectivity index (χ4n) is 2.10. The first-order chi connectivity index (χ1) is 9.24. The molecule has 0 aromatic heterocycles. The Kier molecular flexibility index (Phi) is 5.49. The Hall–Kier alpha value is -0.770. The van der Waals surface area contributed by atoms with Gasteiger partial charge in [-0.2, -0.15) is 0 Å². The molecule has 1 fully saturated rings. The van der Waals surface area contributed by atoms with Gasteiger partial charge in [0.05, 0.1) is 18.6 Å². The van der Waals surface area contributed by atoms with Crippen molar-refractivity contribution < 1.29 is 14.2 Å². The van der Waals surface area contributed by atoms with Gasteiger partial charge < -0.3 is 14.2 Å². The summed E-state index contributed by atoms with van der Waals surface area (Å²) in [5.74, 6) is 0.881. The van der Waals surface area contributed by atoms with Gasteiger partial charge in [-0.05, 0) is 24.1 Å². The zero-order chi connectivity index (χ0) is 13.7. The summed E-state index contributed by atoms with van der Waals surface area (Å²) >= 11 is 6.16. The third-order valence-corrected chi connectivity index (χ3v) is 3.82. The molecule has 1 aliphatic carbocycles. The summed E-state index contributed by atoms with van der Waals surface area (Å²) in [6, 6.07) is 8.19. The average Bonchev–Trinajstić information content (AvgIpc) is 2.44. The number of alkyl halides is 1. The largest absolute Gasteiger partial charge is 0.488 e. The molecule has 4 heteroatoms. The Morgan fingerprint density at radius 2 is 1.95 bits per heavy atom. The van der Waals surface area contributed by atoms with Gasteiger partial charge in [0.2, 0.25) is 0 Å². The maximum atomic E-state index is 6.16. The summed E-state index contributed by atoms with van der Waals surface area (Å²) in [7, 11) is 1.66. The number of methoxy groups -OCH3 is 1. The molecule has 3 nitrogen and oxygen atoms in total. The number of hydrogen-bond acceptors (Lipinski definition) is 3. The number of benzene rings is 1. The molecular formula is C15H21ClO3. The van der Waals surface area contributed by atoms with E-state index in [-0.39, 0.29) is 17.6 Å². The van der Waals surface area contributed by atoms with Crippen LogP contribution in [-0.2, 0) is 15.9 Å². The van der Waals surface area contributed by atoms with Gasteiger partial charge in [0.25, 0.3) is 0 Å². The highest BCUT2D eigenvalue weighted by atomic mass is 35.5. The van der Waals surface area contributed by atoms with Crippen LogP contribution in [-0.4, -0.2) is 37.9 Å².